The SMILES string of the molecule is COC1CCN(C(=O)CCC(=O)c2ccc(C)c(C)c2)C1. The molecular weight excluding hydrogens is 266 g/mol. The van der Waals surface area contributed by atoms with Crippen LogP contribution in [0.5, 0.6) is 0 Å². The highest BCUT2D eigenvalue weighted by Gasteiger charge is 2.26. The Morgan fingerprint density at radius 1 is 1.24 bits per heavy atom. The van der Waals surface area contributed by atoms with Gasteiger partial charge in [0.25, 0.3) is 0 Å². The molecule has 1 atom stereocenters. The summed E-state index contributed by atoms with van der Waals surface area (Å²) >= 11 is 0. The highest BCUT2D eigenvalue weighted by molar-refractivity contribution is 5.98. The van der Waals surface area contributed by atoms with Crippen molar-refractivity contribution in [3.8, 4) is 0 Å². The van der Waals surface area contributed by atoms with Crippen LogP contribution in [0.3, 0.4) is 0 Å². The van der Waals surface area contributed by atoms with Crippen LogP contribution in [0.1, 0.15) is 40.7 Å². The quantitative estimate of drug-likeness (QED) is 0.782. The van der Waals surface area contributed by atoms with Crippen LogP contribution in [0.2, 0.25) is 0 Å². The largest absolute Gasteiger partial charge is 0.380 e. The van der Waals surface area contributed by atoms with Gasteiger partial charge in [0.15, 0.2) is 5.78 Å². The minimum Gasteiger partial charge on any atom is -0.380 e. The zero-order valence-corrected chi connectivity index (χ0v) is 13.0. The highest BCUT2D eigenvalue weighted by atomic mass is 16.5. The molecule has 0 bridgehead atoms. The molecule has 1 aliphatic heterocycles. The van der Waals surface area contributed by atoms with Crippen LogP contribution >= 0.6 is 0 Å². The second-order valence-corrected chi connectivity index (χ2v) is 5.71. The number of ketones is 1. The zero-order chi connectivity index (χ0) is 15.4. The van der Waals surface area contributed by atoms with Crippen LogP contribution in [0.15, 0.2) is 18.2 Å². The maximum atomic E-state index is 12.2. The van der Waals surface area contributed by atoms with Crippen molar-refractivity contribution in [3.63, 3.8) is 0 Å². The monoisotopic (exact) mass is 289 g/mol. The van der Waals surface area contributed by atoms with E-state index in [1.807, 2.05) is 32.0 Å². The molecule has 0 saturated carbocycles. The molecule has 1 unspecified atom stereocenters. The van der Waals surface area contributed by atoms with Gasteiger partial charge >= 0.3 is 0 Å². The molecule has 1 amide bonds. The van der Waals surface area contributed by atoms with Crippen LogP contribution < -0.4 is 0 Å². The number of carbonyl (C=O) groups is 2. The number of methoxy groups -OCH3 is 1. The van der Waals surface area contributed by atoms with Crippen LogP contribution in [0.4, 0.5) is 0 Å². The Bertz CT molecular complexity index is 539. The molecule has 1 aromatic carbocycles. The fraction of sp³-hybridized carbons (Fsp3) is 0.529. The number of rotatable bonds is 5. The second kappa shape index (κ2) is 6.85. The van der Waals surface area contributed by atoms with E-state index in [9.17, 15) is 9.59 Å². The van der Waals surface area contributed by atoms with E-state index in [2.05, 4.69) is 0 Å². The van der Waals surface area contributed by atoms with Gasteiger partial charge in [-0.15, -0.1) is 0 Å². The van der Waals surface area contributed by atoms with E-state index in [-0.39, 0.29) is 30.6 Å². The lowest BCUT2D eigenvalue weighted by Gasteiger charge is -2.15. The Morgan fingerprint density at radius 2 is 2.00 bits per heavy atom. The van der Waals surface area contributed by atoms with Gasteiger partial charge in [-0.3, -0.25) is 9.59 Å². The van der Waals surface area contributed by atoms with E-state index in [1.165, 1.54) is 5.56 Å². The average molecular weight is 289 g/mol. The third-order valence-corrected chi connectivity index (χ3v) is 4.23. The molecule has 0 aliphatic carbocycles. The summed E-state index contributed by atoms with van der Waals surface area (Å²) in [6.07, 6.45) is 1.58. The van der Waals surface area contributed by atoms with Crippen molar-refractivity contribution in [2.45, 2.75) is 39.2 Å². The molecule has 114 valence electrons. The van der Waals surface area contributed by atoms with Crippen LogP contribution in [-0.2, 0) is 9.53 Å². The number of hydrogen-bond donors (Lipinski definition) is 0. The van der Waals surface area contributed by atoms with Crippen LogP contribution in [-0.4, -0.2) is 42.9 Å². The summed E-state index contributed by atoms with van der Waals surface area (Å²) < 4.78 is 5.25. The summed E-state index contributed by atoms with van der Waals surface area (Å²) in [5, 5.41) is 0. The molecule has 4 heteroatoms. The van der Waals surface area contributed by atoms with Crippen molar-refractivity contribution >= 4 is 11.7 Å². The number of carbonyl (C=O) groups excluding carboxylic acids is 2. The average Bonchev–Trinajstić information content (AvgIpc) is 2.96. The minimum absolute atomic E-state index is 0.0361. The van der Waals surface area contributed by atoms with Crippen LogP contribution in [0.25, 0.3) is 0 Å². The predicted octanol–water partition coefficient (Wildman–Crippen LogP) is 2.51. The molecule has 2 rings (SSSR count). The first-order valence-electron chi connectivity index (χ1n) is 7.42. The molecule has 0 radical (unpaired) electrons. The number of benzene rings is 1. The van der Waals surface area contributed by atoms with Gasteiger partial charge in [0.05, 0.1) is 6.10 Å². The molecule has 21 heavy (non-hydrogen) atoms. The normalized spacial score (nSPS) is 18.0. The van der Waals surface area contributed by atoms with Crippen molar-refractivity contribution < 1.29 is 14.3 Å². The first-order valence-corrected chi connectivity index (χ1v) is 7.42. The summed E-state index contributed by atoms with van der Waals surface area (Å²) in [6.45, 7) is 5.39. The van der Waals surface area contributed by atoms with Gasteiger partial charge < -0.3 is 9.64 Å². The van der Waals surface area contributed by atoms with Crippen LogP contribution in [0, 0.1) is 13.8 Å². The number of ether oxygens (including phenoxy) is 1. The van der Waals surface area contributed by atoms with Gasteiger partial charge in [-0.2, -0.15) is 0 Å². The smallest absolute Gasteiger partial charge is 0.223 e. The summed E-state index contributed by atoms with van der Waals surface area (Å²) in [6, 6.07) is 5.69. The van der Waals surface area contributed by atoms with Crippen molar-refractivity contribution in [3.05, 3.63) is 34.9 Å². The van der Waals surface area contributed by atoms with Crippen molar-refractivity contribution in [1.82, 2.24) is 4.90 Å². The van der Waals surface area contributed by atoms with Crippen molar-refractivity contribution in [2.75, 3.05) is 20.2 Å². The standard InChI is InChI=1S/C17H23NO3/c1-12-4-5-14(10-13(12)2)16(19)6-7-17(20)18-9-8-15(11-18)21-3/h4-5,10,15H,6-9,11H2,1-3H3. The molecule has 0 spiro atoms. The van der Waals surface area contributed by atoms with Gasteiger partial charge in [-0.1, -0.05) is 12.1 Å². The molecule has 1 fully saturated rings. The molecule has 1 heterocycles. The number of amides is 1. The lowest BCUT2D eigenvalue weighted by Crippen LogP contribution is -2.30. The molecule has 1 saturated heterocycles. The third kappa shape index (κ3) is 3.91. The fourth-order valence-electron chi connectivity index (χ4n) is 2.58. The van der Waals surface area contributed by atoms with Gasteiger partial charge in [-0.25, -0.2) is 0 Å². The minimum atomic E-state index is 0.0361. The number of Topliss-reactive ketones (excluding diaryl/α,β-unsaturated/α-hetero) is 1. The van der Waals surface area contributed by atoms with Gasteiger partial charge in [0, 0.05) is 38.6 Å². The topological polar surface area (TPSA) is 46.6 Å². The van der Waals surface area contributed by atoms with E-state index in [4.69, 9.17) is 4.74 Å². The van der Waals surface area contributed by atoms with Crippen molar-refractivity contribution in [1.29, 1.82) is 0 Å². The fourth-order valence-corrected chi connectivity index (χ4v) is 2.58. The Labute approximate surface area is 126 Å². The molecule has 0 N–H and O–H groups in total. The summed E-state index contributed by atoms with van der Waals surface area (Å²) in [5.41, 5.74) is 2.97. The Morgan fingerprint density at radius 3 is 2.62 bits per heavy atom. The van der Waals surface area contributed by atoms with E-state index < -0.39 is 0 Å². The maximum Gasteiger partial charge on any atom is 0.223 e. The summed E-state index contributed by atoms with van der Waals surface area (Å²) in [4.78, 5) is 26.0. The highest BCUT2D eigenvalue weighted by Crippen LogP contribution is 2.16. The van der Waals surface area contributed by atoms with E-state index in [1.54, 1.807) is 12.0 Å². The first-order chi connectivity index (χ1) is 10.0. The molecule has 4 nitrogen and oxygen atoms in total. The first kappa shape index (κ1) is 15.7. The van der Waals surface area contributed by atoms with Crippen molar-refractivity contribution in [2.24, 2.45) is 0 Å². The Kier molecular flexibility index (Phi) is 5.12. The lowest BCUT2D eigenvalue weighted by atomic mass is 10.0. The van der Waals surface area contributed by atoms with Gasteiger partial charge in [-0.05, 0) is 37.5 Å². The Balaban J connectivity index is 1.86. The molecule has 1 aliphatic rings. The number of nitrogens with zero attached hydrogens (tertiary/aromatic N) is 1. The summed E-state index contributed by atoms with van der Waals surface area (Å²) in [5.74, 6) is 0.0840. The number of hydrogen-bond acceptors (Lipinski definition) is 3. The third-order valence-electron chi connectivity index (χ3n) is 4.23. The molecular formula is C17H23NO3. The summed E-state index contributed by atoms with van der Waals surface area (Å²) in [7, 11) is 1.67. The number of aryl methyl sites for hydroxylation is 2. The van der Waals surface area contributed by atoms with Gasteiger partial charge in [0.1, 0.15) is 0 Å². The number of likely N-dealkylation sites (tertiary alicyclic amines) is 1. The predicted molar refractivity (Wildman–Crippen MR) is 81.5 cm³/mol. The maximum absolute atomic E-state index is 12.2. The van der Waals surface area contributed by atoms with Gasteiger partial charge in [0.2, 0.25) is 5.91 Å². The van der Waals surface area contributed by atoms with E-state index in [0.29, 0.717) is 12.1 Å². The second-order valence-electron chi connectivity index (χ2n) is 5.71. The zero-order valence-electron chi connectivity index (χ0n) is 13.0. The molecule has 1 aromatic rings. The molecule has 0 aromatic heterocycles. The Hall–Kier alpha value is -1.68. The van der Waals surface area contributed by atoms with E-state index >= 15 is 0 Å². The lowest BCUT2D eigenvalue weighted by molar-refractivity contribution is -0.130. The van der Waals surface area contributed by atoms with E-state index in [0.717, 1.165) is 18.5 Å².